The van der Waals surface area contributed by atoms with Crippen LogP contribution in [-0.4, -0.2) is 29.4 Å². The summed E-state index contributed by atoms with van der Waals surface area (Å²) in [6.07, 6.45) is 1.38. The number of hydrogen-bond acceptors (Lipinski definition) is 7. The molecule has 3 aromatic rings. The molecule has 0 saturated carbocycles. The predicted octanol–water partition coefficient (Wildman–Crippen LogP) is 4.24. The van der Waals surface area contributed by atoms with Crippen LogP contribution in [0, 0.1) is 10.1 Å². The molecule has 0 bridgehead atoms. The number of nitro benzene ring substituents is 1. The first kappa shape index (κ1) is 24.1. The van der Waals surface area contributed by atoms with Crippen molar-refractivity contribution in [1.82, 2.24) is 5.32 Å². The number of anilines is 1. The van der Waals surface area contributed by atoms with Crippen LogP contribution in [0.3, 0.4) is 0 Å². The van der Waals surface area contributed by atoms with Crippen LogP contribution >= 0.6 is 0 Å². The van der Waals surface area contributed by atoms with Gasteiger partial charge in [-0.05, 0) is 60.5 Å². The minimum atomic E-state index is -0.821. The van der Waals surface area contributed by atoms with E-state index < -0.39 is 22.8 Å². The summed E-state index contributed by atoms with van der Waals surface area (Å²) in [5.41, 5.74) is 1.33. The summed E-state index contributed by atoms with van der Waals surface area (Å²) >= 11 is 0. The number of amides is 4. The number of nitrogens with zero attached hydrogens (tertiary/aromatic N) is 2. The molecule has 1 fully saturated rings. The Bertz CT molecular complexity index is 1350. The highest BCUT2D eigenvalue weighted by Crippen LogP contribution is 2.31. The van der Waals surface area contributed by atoms with Gasteiger partial charge in [0.05, 0.1) is 17.2 Å². The highest BCUT2D eigenvalue weighted by Gasteiger charge is 2.36. The first-order chi connectivity index (χ1) is 17.4. The number of rotatable bonds is 8. The van der Waals surface area contributed by atoms with Crippen molar-refractivity contribution in [1.29, 1.82) is 0 Å². The maximum Gasteiger partial charge on any atom is 0.335 e. The number of para-hydroxylation sites is 1. The van der Waals surface area contributed by atoms with Gasteiger partial charge in [-0.15, -0.1) is 0 Å². The van der Waals surface area contributed by atoms with Gasteiger partial charge < -0.3 is 9.47 Å². The number of carbonyl (C=O) groups excluding carboxylic acids is 3. The van der Waals surface area contributed by atoms with E-state index in [9.17, 15) is 24.5 Å². The van der Waals surface area contributed by atoms with E-state index in [1.807, 2.05) is 0 Å². The number of ether oxygens (including phenoxy) is 2. The molecule has 0 radical (unpaired) electrons. The van der Waals surface area contributed by atoms with Gasteiger partial charge in [0, 0.05) is 12.1 Å². The number of carbonyl (C=O) groups is 3. The van der Waals surface area contributed by atoms with Crippen LogP contribution in [0.25, 0.3) is 6.08 Å². The van der Waals surface area contributed by atoms with E-state index in [1.54, 1.807) is 67.6 Å². The van der Waals surface area contributed by atoms with E-state index in [2.05, 4.69) is 5.32 Å². The number of benzene rings is 3. The molecule has 4 rings (SSSR count). The number of imide groups is 2. The molecular weight excluding hydrogens is 466 g/mol. The topological polar surface area (TPSA) is 128 Å². The van der Waals surface area contributed by atoms with E-state index >= 15 is 0 Å². The third-order valence-electron chi connectivity index (χ3n) is 5.24. The molecule has 0 unspecified atom stereocenters. The summed E-state index contributed by atoms with van der Waals surface area (Å²) in [6, 6.07) is 18.4. The average molecular weight is 487 g/mol. The Morgan fingerprint density at radius 2 is 1.67 bits per heavy atom. The van der Waals surface area contributed by atoms with E-state index in [1.165, 1.54) is 18.2 Å². The summed E-state index contributed by atoms with van der Waals surface area (Å²) in [5.74, 6) is -0.744. The van der Waals surface area contributed by atoms with Crippen molar-refractivity contribution in [2.24, 2.45) is 0 Å². The zero-order chi connectivity index (χ0) is 25.7. The minimum Gasteiger partial charge on any atom is -0.490 e. The smallest absolute Gasteiger partial charge is 0.335 e. The molecule has 1 aliphatic rings. The Hall–Kier alpha value is -4.99. The molecule has 1 heterocycles. The molecule has 36 heavy (non-hydrogen) atoms. The van der Waals surface area contributed by atoms with Gasteiger partial charge >= 0.3 is 6.03 Å². The molecule has 182 valence electrons. The van der Waals surface area contributed by atoms with Crippen LogP contribution in [0.4, 0.5) is 16.2 Å². The van der Waals surface area contributed by atoms with Crippen LogP contribution in [0.5, 0.6) is 11.5 Å². The van der Waals surface area contributed by atoms with Gasteiger partial charge in [-0.3, -0.25) is 25.0 Å². The van der Waals surface area contributed by atoms with Gasteiger partial charge in [-0.2, -0.15) is 0 Å². The Morgan fingerprint density at radius 1 is 0.944 bits per heavy atom. The second-order valence-corrected chi connectivity index (χ2v) is 7.64. The van der Waals surface area contributed by atoms with E-state index in [0.29, 0.717) is 29.4 Å². The Morgan fingerprint density at radius 3 is 2.33 bits per heavy atom. The normalized spacial score (nSPS) is 14.5. The molecule has 0 spiro atoms. The summed E-state index contributed by atoms with van der Waals surface area (Å²) in [4.78, 5) is 49.0. The van der Waals surface area contributed by atoms with Gasteiger partial charge in [-0.25, -0.2) is 9.69 Å². The molecule has 1 aliphatic heterocycles. The monoisotopic (exact) mass is 487 g/mol. The quantitative estimate of drug-likeness (QED) is 0.218. The molecule has 0 aliphatic carbocycles. The lowest BCUT2D eigenvalue weighted by Gasteiger charge is -2.26. The molecule has 10 heteroatoms. The SMILES string of the molecule is CCOc1cc(C=C2C(=O)NC(=O)N(c3ccccc3)C2=O)ccc1OCc1ccc([N+](=O)[O-])cc1. The van der Waals surface area contributed by atoms with Crippen LogP contribution in [-0.2, 0) is 16.2 Å². The number of urea groups is 1. The molecule has 0 atom stereocenters. The minimum absolute atomic E-state index is 0.0139. The second kappa shape index (κ2) is 10.5. The second-order valence-electron chi connectivity index (χ2n) is 7.64. The molecule has 1 saturated heterocycles. The maximum absolute atomic E-state index is 13.0. The maximum atomic E-state index is 13.0. The van der Waals surface area contributed by atoms with Crippen LogP contribution in [0.15, 0.2) is 78.4 Å². The fraction of sp³-hybridized carbons (Fsp3) is 0.115. The number of barbiturate groups is 1. The molecule has 10 nitrogen and oxygen atoms in total. The van der Waals surface area contributed by atoms with Crippen molar-refractivity contribution in [3.8, 4) is 11.5 Å². The van der Waals surface area contributed by atoms with Crippen molar-refractivity contribution < 1.29 is 28.8 Å². The first-order valence-corrected chi connectivity index (χ1v) is 11.0. The van der Waals surface area contributed by atoms with E-state index in [0.717, 1.165) is 10.5 Å². The lowest BCUT2D eigenvalue weighted by atomic mass is 10.1. The number of nitrogens with one attached hydrogen (secondary N) is 1. The first-order valence-electron chi connectivity index (χ1n) is 11.0. The lowest BCUT2D eigenvalue weighted by molar-refractivity contribution is -0.384. The standard InChI is InChI=1S/C26H21N3O7/c1-2-35-23-15-18(10-13-22(23)36-16-17-8-11-20(12-9-17)29(33)34)14-21-24(30)27-26(32)28(25(21)31)19-6-4-3-5-7-19/h3-15H,2,16H2,1H3,(H,27,30,32). The van der Waals surface area contributed by atoms with Crippen molar-refractivity contribution in [2.75, 3.05) is 11.5 Å². The van der Waals surface area contributed by atoms with Crippen LogP contribution in [0.1, 0.15) is 18.1 Å². The van der Waals surface area contributed by atoms with Gasteiger partial charge in [0.25, 0.3) is 17.5 Å². The van der Waals surface area contributed by atoms with Crippen molar-refractivity contribution in [3.05, 3.63) is 99.6 Å². The number of nitro groups is 1. The third kappa shape index (κ3) is 5.22. The Kier molecular flexibility index (Phi) is 7.05. The Balaban J connectivity index is 1.57. The summed E-state index contributed by atoms with van der Waals surface area (Å²) in [7, 11) is 0. The van der Waals surface area contributed by atoms with Crippen LogP contribution in [0.2, 0.25) is 0 Å². The number of non-ortho nitro benzene ring substituents is 1. The van der Waals surface area contributed by atoms with Crippen molar-refractivity contribution in [2.45, 2.75) is 13.5 Å². The fourth-order valence-electron chi connectivity index (χ4n) is 3.51. The summed E-state index contributed by atoms with van der Waals surface area (Å²) < 4.78 is 11.5. The fourth-order valence-corrected chi connectivity index (χ4v) is 3.51. The van der Waals surface area contributed by atoms with Crippen molar-refractivity contribution >= 4 is 35.3 Å². The van der Waals surface area contributed by atoms with Gasteiger partial charge in [-0.1, -0.05) is 24.3 Å². The third-order valence-corrected chi connectivity index (χ3v) is 5.24. The zero-order valence-electron chi connectivity index (χ0n) is 19.2. The predicted molar refractivity (Wildman–Crippen MR) is 130 cm³/mol. The molecule has 4 amide bonds. The lowest BCUT2D eigenvalue weighted by Crippen LogP contribution is -2.54. The summed E-state index contributed by atoms with van der Waals surface area (Å²) in [5, 5.41) is 13.0. The summed E-state index contributed by atoms with van der Waals surface area (Å²) in [6.45, 7) is 2.28. The largest absolute Gasteiger partial charge is 0.490 e. The average Bonchev–Trinajstić information content (AvgIpc) is 2.87. The molecular formula is C26H21N3O7. The van der Waals surface area contributed by atoms with Crippen molar-refractivity contribution in [3.63, 3.8) is 0 Å². The zero-order valence-corrected chi connectivity index (χ0v) is 19.2. The van der Waals surface area contributed by atoms with E-state index in [4.69, 9.17) is 9.47 Å². The molecule has 3 aromatic carbocycles. The highest BCUT2D eigenvalue weighted by atomic mass is 16.6. The van der Waals surface area contributed by atoms with Gasteiger partial charge in [0.15, 0.2) is 11.5 Å². The molecule has 0 aromatic heterocycles. The van der Waals surface area contributed by atoms with Gasteiger partial charge in [0.2, 0.25) is 0 Å². The molecule has 1 N–H and O–H groups in total. The highest BCUT2D eigenvalue weighted by molar-refractivity contribution is 6.39. The van der Waals surface area contributed by atoms with Gasteiger partial charge in [0.1, 0.15) is 12.2 Å². The number of hydrogen-bond donors (Lipinski definition) is 1. The Labute approximate surface area is 205 Å². The van der Waals surface area contributed by atoms with Crippen LogP contribution < -0.4 is 19.7 Å². The van der Waals surface area contributed by atoms with E-state index in [-0.39, 0.29) is 17.9 Å².